The van der Waals surface area contributed by atoms with E-state index in [9.17, 15) is 44.6 Å². The second-order valence-corrected chi connectivity index (χ2v) is 6.58. The van der Waals surface area contributed by atoms with Crippen molar-refractivity contribution >= 4 is 0 Å². The molecule has 0 amide bonds. The Hall–Kier alpha value is -1.45. The van der Waals surface area contributed by atoms with Gasteiger partial charge in [-0.1, -0.05) is 38.1 Å². The van der Waals surface area contributed by atoms with Crippen LogP contribution in [0, 0.1) is 0 Å². The predicted octanol–water partition coefficient (Wildman–Crippen LogP) is 5.88. The monoisotopic (exact) mass is 396 g/mol. The number of hydrogen-bond donors (Lipinski definition) is 1. The van der Waals surface area contributed by atoms with Crippen LogP contribution in [0.5, 0.6) is 0 Å². The lowest BCUT2D eigenvalue weighted by Gasteiger charge is -2.37. The molecule has 0 fully saturated rings. The lowest BCUT2D eigenvalue weighted by molar-refractivity contribution is -0.400. The zero-order chi connectivity index (χ0) is 20.8. The molecule has 1 N–H and O–H groups in total. The summed E-state index contributed by atoms with van der Waals surface area (Å²) in [5.41, 5.74) is -2.39. The van der Waals surface area contributed by atoms with E-state index >= 15 is 0 Å². The van der Waals surface area contributed by atoms with Crippen molar-refractivity contribution in [3.05, 3.63) is 35.4 Å². The summed E-state index contributed by atoms with van der Waals surface area (Å²) in [5.74, 6) is -19.5. The molecule has 10 heteroatoms. The molecular formula is C16H17F9O. The average Bonchev–Trinajstić information content (AvgIpc) is 2.44. The molecule has 0 aliphatic heterocycles. The van der Waals surface area contributed by atoms with Gasteiger partial charge in [0.15, 0.2) is 0 Å². The third kappa shape index (κ3) is 3.94. The maximum atomic E-state index is 13.7. The highest BCUT2D eigenvalue weighted by Gasteiger charge is 2.81. The molecule has 0 heterocycles. The van der Waals surface area contributed by atoms with E-state index in [1.165, 1.54) is 12.1 Å². The van der Waals surface area contributed by atoms with Gasteiger partial charge in [0.1, 0.15) is 0 Å². The maximum absolute atomic E-state index is 13.7. The van der Waals surface area contributed by atoms with Crippen molar-refractivity contribution in [3.8, 4) is 0 Å². The van der Waals surface area contributed by atoms with Gasteiger partial charge < -0.3 is 5.11 Å². The van der Waals surface area contributed by atoms with E-state index in [0.717, 1.165) is 12.1 Å². The van der Waals surface area contributed by atoms with Crippen LogP contribution < -0.4 is 0 Å². The van der Waals surface area contributed by atoms with Gasteiger partial charge in [-0.15, -0.1) is 0 Å². The van der Waals surface area contributed by atoms with Crippen LogP contribution in [0.25, 0.3) is 0 Å². The van der Waals surface area contributed by atoms with E-state index in [2.05, 4.69) is 0 Å². The van der Waals surface area contributed by atoms with Crippen molar-refractivity contribution < 1.29 is 44.6 Å². The van der Waals surface area contributed by atoms with E-state index in [1.807, 2.05) is 0 Å². The zero-order valence-corrected chi connectivity index (χ0v) is 13.9. The van der Waals surface area contributed by atoms with Crippen LogP contribution in [0.4, 0.5) is 39.5 Å². The summed E-state index contributed by atoms with van der Waals surface area (Å²) in [7, 11) is 0. The lowest BCUT2D eigenvalue weighted by Crippen LogP contribution is -2.62. The SMILES string of the molecule is CC(C)c1ccc(C(C)(O)CC(F)(F)C(F)(F)C(F)(F)C(F)(F)F)cc1. The Morgan fingerprint density at radius 1 is 0.808 bits per heavy atom. The first-order valence-corrected chi connectivity index (χ1v) is 7.40. The Kier molecular flexibility index (Phi) is 5.75. The Labute approximate surface area is 143 Å². The second kappa shape index (κ2) is 6.61. The van der Waals surface area contributed by atoms with Gasteiger partial charge >= 0.3 is 23.9 Å². The van der Waals surface area contributed by atoms with Gasteiger partial charge in [0, 0.05) is 0 Å². The van der Waals surface area contributed by atoms with Gasteiger partial charge in [-0.2, -0.15) is 39.5 Å². The molecule has 0 radical (unpaired) electrons. The molecule has 150 valence electrons. The largest absolute Gasteiger partial charge is 0.460 e. The highest BCUT2D eigenvalue weighted by molar-refractivity contribution is 5.29. The topological polar surface area (TPSA) is 20.2 Å². The third-order valence-electron chi connectivity index (χ3n) is 3.98. The van der Waals surface area contributed by atoms with E-state index in [-0.39, 0.29) is 11.5 Å². The molecule has 0 bridgehead atoms. The lowest BCUT2D eigenvalue weighted by atomic mass is 9.85. The minimum Gasteiger partial charge on any atom is -0.385 e. The molecule has 0 aliphatic rings. The second-order valence-electron chi connectivity index (χ2n) is 6.58. The van der Waals surface area contributed by atoms with Crippen LogP contribution in [0.15, 0.2) is 24.3 Å². The molecule has 1 aromatic carbocycles. The van der Waals surface area contributed by atoms with Gasteiger partial charge in [-0.3, -0.25) is 0 Å². The Morgan fingerprint density at radius 2 is 1.23 bits per heavy atom. The molecule has 1 nitrogen and oxygen atoms in total. The molecule has 0 saturated carbocycles. The van der Waals surface area contributed by atoms with Crippen LogP contribution in [0.1, 0.15) is 44.2 Å². The number of halogens is 9. The van der Waals surface area contributed by atoms with Crippen LogP contribution in [-0.2, 0) is 5.60 Å². The first-order chi connectivity index (χ1) is 11.4. The Morgan fingerprint density at radius 3 is 1.58 bits per heavy atom. The average molecular weight is 396 g/mol. The quantitative estimate of drug-likeness (QED) is 0.596. The molecule has 1 rings (SSSR count). The molecule has 26 heavy (non-hydrogen) atoms. The first kappa shape index (κ1) is 22.6. The van der Waals surface area contributed by atoms with Crippen molar-refractivity contribution in [1.82, 2.24) is 0 Å². The van der Waals surface area contributed by atoms with Gasteiger partial charge in [0.25, 0.3) is 0 Å². The van der Waals surface area contributed by atoms with Crippen molar-refractivity contribution in [2.45, 2.75) is 62.7 Å². The molecular weight excluding hydrogens is 379 g/mol. The number of aliphatic hydroxyl groups is 1. The highest BCUT2D eigenvalue weighted by atomic mass is 19.4. The Balaban J connectivity index is 3.20. The summed E-state index contributed by atoms with van der Waals surface area (Å²) in [6.07, 6.45) is -9.22. The van der Waals surface area contributed by atoms with E-state index < -0.39 is 36.0 Å². The van der Waals surface area contributed by atoms with Gasteiger partial charge in [0.05, 0.1) is 12.0 Å². The molecule has 1 atom stereocenters. The van der Waals surface area contributed by atoms with Crippen LogP contribution >= 0.6 is 0 Å². The van der Waals surface area contributed by atoms with Gasteiger partial charge in [-0.05, 0) is 24.0 Å². The Bertz CT molecular complexity index is 616. The van der Waals surface area contributed by atoms with Crippen molar-refractivity contribution in [3.63, 3.8) is 0 Å². The smallest absolute Gasteiger partial charge is 0.385 e. The molecule has 0 spiro atoms. The molecule has 1 aromatic rings. The van der Waals surface area contributed by atoms with Crippen molar-refractivity contribution in [1.29, 1.82) is 0 Å². The fourth-order valence-electron chi connectivity index (χ4n) is 2.28. The van der Waals surface area contributed by atoms with Crippen LogP contribution in [0.3, 0.4) is 0 Å². The summed E-state index contributed by atoms with van der Waals surface area (Å²) in [4.78, 5) is 0. The molecule has 0 saturated heterocycles. The standard InChI is InChI=1S/C16H17F9O/c1-9(2)10-4-6-11(7-5-10)12(3,26)8-13(17,18)14(19,20)15(21,22)16(23,24)25/h4-7,9,26H,8H2,1-3H3. The number of hydrogen-bond acceptors (Lipinski definition) is 1. The highest BCUT2D eigenvalue weighted by Crippen LogP contribution is 2.55. The van der Waals surface area contributed by atoms with Crippen LogP contribution in [-0.4, -0.2) is 29.1 Å². The summed E-state index contributed by atoms with van der Waals surface area (Å²) in [6, 6.07) is 5.03. The predicted molar refractivity (Wildman–Crippen MR) is 75.6 cm³/mol. The van der Waals surface area contributed by atoms with E-state index in [4.69, 9.17) is 0 Å². The number of alkyl halides is 9. The van der Waals surface area contributed by atoms with Gasteiger partial charge in [0.2, 0.25) is 0 Å². The maximum Gasteiger partial charge on any atom is 0.460 e. The van der Waals surface area contributed by atoms with Crippen LogP contribution in [0.2, 0.25) is 0 Å². The molecule has 0 aliphatic carbocycles. The number of rotatable bonds is 6. The third-order valence-corrected chi connectivity index (χ3v) is 3.98. The number of benzene rings is 1. The van der Waals surface area contributed by atoms with Crippen molar-refractivity contribution in [2.75, 3.05) is 0 Å². The summed E-state index contributed by atoms with van der Waals surface area (Å²) in [5, 5.41) is 10.0. The zero-order valence-electron chi connectivity index (χ0n) is 13.9. The molecule has 1 unspecified atom stereocenters. The minimum absolute atomic E-state index is 0.0188. The fourth-order valence-corrected chi connectivity index (χ4v) is 2.28. The van der Waals surface area contributed by atoms with E-state index in [1.54, 1.807) is 13.8 Å². The minimum atomic E-state index is -6.97. The summed E-state index contributed by atoms with van der Waals surface area (Å²) >= 11 is 0. The fraction of sp³-hybridized carbons (Fsp3) is 0.625. The normalized spacial score (nSPS) is 16.7. The first-order valence-electron chi connectivity index (χ1n) is 7.40. The van der Waals surface area contributed by atoms with E-state index in [0.29, 0.717) is 12.5 Å². The van der Waals surface area contributed by atoms with Crippen molar-refractivity contribution in [2.24, 2.45) is 0 Å². The molecule has 0 aromatic heterocycles. The summed E-state index contributed by atoms with van der Waals surface area (Å²) in [6.45, 7) is 4.22. The van der Waals surface area contributed by atoms with Gasteiger partial charge in [-0.25, -0.2) is 0 Å². The summed E-state index contributed by atoms with van der Waals surface area (Å²) < 4.78 is 116.